The number of rotatable bonds is 3. The summed E-state index contributed by atoms with van der Waals surface area (Å²) in [6.07, 6.45) is 5.44. The summed E-state index contributed by atoms with van der Waals surface area (Å²) < 4.78 is 5.60. The van der Waals surface area contributed by atoms with E-state index < -0.39 is 0 Å². The van der Waals surface area contributed by atoms with E-state index in [2.05, 4.69) is 32.0 Å². The minimum absolute atomic E-state index is 0.240. The van der Waals surface area contributed by atoms with Gasteiger partial charge in [-0.15, -0.1) is 0 Å². The molecule has 1 saturated heterocycles. The molecule has 0 saturated carbocycles. The molecule has 0 spiro atoms. The van der Waals surface area contributed by atoms with Crippen LogP contribution >= 0.6 is 0 Å². The molecular weight excluding hydrogens is 230 g/mol. The molecule has 0 bridgehead atoms. The maximum absolute atomic E-state index is 5.60. The van der Waals surface area contributed by atoms with Crippen molar-refractivity contribution in [3.05, 3.63) is 35.7 Å². The Kier molecular flexibility index (Phi) is 3.12. The van der Waals surface area contributed by atoms with Gasteiger partial charge in [0.2, 0.25) is 0 Å². The maximum atomic E-state index is 5.60. The molecule has 3 heterocycles. The van der Waals surface area contributed by atoms with Gasteiger partial charge in [-0.25, -0.2) is 4.98 Å². The number of aromatic amines is 2. The van der Waals surface area contributed by atoms with Gasteiger partial charge in [0.1, 0.15) is 0 Å². The Labute approximate surface area is 105 Å². The lowest BCUT2D eigenvalue weighted by atomic mass is 10.1. The zero-order valence-corrected chi connectivity index (χ0v) is 10.4. The van der Waals surface area contributed by atoms with Crippen molar-refractivity contribution < 1.29 is 4.74 Å². The Morgan fingerprint density at radius 1 is 1.50 bits per heavy atom. The second kappa shape index (κ2) is 4.91. The molecule has 2 N–H and O–H groups in total. The Bertz CT molecular complexity index is 492. The van der Waals surface area contributed by atoms with Gasteiger partial charge in [-0.2, -0.15) is 5.10 Å². The highest BCUT2D eigenvalue weighted by Gasteiger charge is 2.27. The summed E-state index contributed by atoms with van der Waals surface area (Å²) in [5.74, 6) is 0. The fraction of sp³-hybridized carbons (Fsp3) is 0.500. The van der Waals surface area contributed by atoms with Crippen LogP contribution in [0.25, 0.3) is 0 Å². The van der Waals surface area contributed by atoms with Crippen LogP contribution in [-0.4, -0.2) is 44.8 Å². The average molecular weight is 247 g/mol. The van der Waals surface area contributed by atoms with Crippen LogP contribution in [0.15, 0.2) is 18.7 Å². The Hall–Kier alpha value is -1.66. The molecule has 6 nitrogen and oxygen atoms in total. The summed E-state index contributed by atoms with van der Waals surface area (Å²) in [5, 5.41) is 7.19. The van der Waals surface area contributed by atoms with Crippen molar-refractivity contribution in [1.29, 1.82) is 0 Å². The second-order valence-corrected chi connectivity index (χ2v) is 4.60. The van der Waals surface area contributed by atoms with Crippen LogP contribution in [-0.2, 0) is 11.3 Å². The number of morpholine rings is 1. The minimum atomic E-state index is 0.240. The van der Waals surface area contributed by atoms with Crippen molar-refractivity contribution >= 4 is 0 Å². The molecule has 2 aromatic heterocycles. The molecule has 96 valence electrons. The molecule has 3 rings (SSSR count). The number of imidazole rings is 1. The van der Waals surface area contributed by atoms with E-state index in [1.165, 1.54) is 5.56 Å². The van der Waals surface area contributed by atoms with E-state index >= 15 is 0 Å². The molecule has 1 atom stereocenters. The summed E-state index contributed by atoms with van der Waals surface area (Å²) in [5.41, 5.74) is 3.45. The Balaban J connectivity index is 1.80. The number of nitrogens with zero attached hydrogens (tertiary/aromatic N) is 3. The predicted molar refractivity (Wildman–Crippen MR) is 65.9 cm³/mol. The summed E-state index contributed by atoms with van der Waals surface area (Å²) in [6, 6.07) is 0.240. The number of aryl methyl sites for hydroxylation is 1. The predicted octanol–water partition coefficient (Wildman–Crippen LogP) is 1.01. The summed E-state index contributed by atoms with van der Waals surface area (Å²) in [4.78, 5) is 9.59. The Morgan fingerprint density at radius 3 is 3.17 bits per heavy atom. The van der Waals surface area contributed by atoms with Crippen molar-refractivity contribution in [2.24, 2.45) is 0 Å². The highest BCUT2D eigenvalue weighted by atomic mass is 16.5. The first-order valence-electron chi connectivity index (χ1n) is 6.13. The number of aromatic nitrogens is 4. The maximum Gasteiger partial charge on any atom is 0.0922 e. The first-order chi connectivity index (χ1) is 8.84. The summed E-state index contributed by atoms with van der Waals surface area (Å²) >= 11 is 0. The molecular formula is C12H17N5O. The topological polar surface area (TPSA) is 69.8 Å². The third-order valence-corrected chi connectivity index (χ3v) is 3.37. The van der Waals surface area contributed by atoms with E-state index in [4.69, 9.17) is 4.74 Å². The van der Waals surface area contributed by atoms with E-state index in [-0.39, 0.29) is 6.04 Å². The largest absolute Gasteiger partial charge is 0.378 e. The summed E-state index contributed by atoms with van der Waals surface area (Å²) in [6.45, 7) is 5.32. The van der Waals surface area contributed by atoms with Gasteiger partial charge in [0.05, 0.1) is 37.5 Å². The number of H-pyrrole nitrogens is 2. The first kappa shape index (κ1) is 11.4. The van der Waals surface area contributed by atoms with Gasteiger partial charge in [0.15, 0.2) is 0 Å². The fourth-order valence-electron chi connectivity index (χ4n) is 2.38. The van der Waals surface area contributed by atoms with Crippen molar-refractivity contribution in [1.82, 2.24) is 25.1 Å². The smallest absolute Gasteiger partial charge is 0.0922 e. The number of nitrogens with one attached hydrogen (secondary N) is 2. The van der Waals surface area contributed by atoms with Gasteiger partial charge >= 0.3 is 0 Å². The Morgan fingerprint density at radius 2 is 2.44 bits per heavy atom. The lowest BCUT2D eigenvalue weighted by molar-refractivity contribution is -0.0149. The van der Waals surface area contributed by atoms with Gasteiger partial charge in [0, 0.05) is 25.0 Å². The SMILES string of the molecule is Cc1cn[nH]c1[C@@H]1COCCN1Cc1cnc[nH]1. The van der Waals surface area contributed by atoms with E-state index in [0.717, 1.165) is 31.1 Å². The van der Waals surface area contributed by atoms with Crippen LogP contribution in [0, 0.1) is 6.92 Å². The number of hydrogen-bond acceptors (Lipinski definition) is 4. The van der Waals surface area contributed by atoms with Crippen molar-refractivity contribution in [3.63, 3.8) is 0 Å². The van der Waals surface area contributed by atoms with Crippen LogP contribution < -0.4 is 0 Å². The minimum Gasteiger partial charge on any atom is -0.378 e. The van der Waals surface area contributed by atoms with Gasteiger partial charge in [-0.05, 0) is 12.5 Å². The average Bonchev–Trinajstić information content (AvgIpc) is 3.02. The molecule has 0 radical (unpaired) electrons. The fourth-order valence-corrected chi connectivity index (χ4v) is 2.38. The van der Waals surface area contributed by atoms with Gasteiger partial charge in [-0.3, -0.25) is 10.00 Å². The molecule has 1 aliphatic rings. The molecule has 1 aliphatic heterocycles. The molecule has 0 aliphatic carbocycles. The quantitative estimate of drug-likeness (QED) is 0.849. The van der Waals surface area contributed by atoms with E-state index in [1.807, 2.05) is 12.4 Å². The van der Waals surface area contributed by atoms with Gasteiger partial charge in [0.25, 0.3) is 0 Å². The van der Waals surface area contributed by atoms with Crippen LogP contribution in [0.4, 0.5) is 0 Å². The van der Waals surface area contributed by atoms with Crippen molar-refractivity contribution in [2.45, 2.75) is 19.5 Å². The molecule has 0 unspecified atom stereocenters. The van der Waals surface area contributed by atoms with Crippen molar-refractivity contribution in [3.8, 4) is 0 Å². The molecule has 6 heteroatoms. The third-order valence-electron chi connectivity index (χ3n) is 3.37. The van der Waals surface area contributed by atoms with Crippen LogP contribution in [0.1, 0.15) is 23.0 Å². The van der Waals surface area contributed by atoms with Crippen molar-refractivity contribution in [2.75, 3.05) is 19.8 Å². The number of hydrogen-bond donors (Lipinski definition) is 2. The lowest BCUT2D eigenvalue weighted by Crippen LogP contribution is -2.39. The standard InChI is InChI=1S/C12H17N5O/c1-9-4-15-16-12(9)11-7-18-3-2-17(11)6-10-5-13-8-14-10/h4-5,8,11H,2-3,6-7H2,1H3,(H,13,14)(H,15,16)/t11-/m0/s1. The van der Waals surface area contributed by atoms with E-state index in [1.54, 1.807) is 6.33 Å². The highest BCUT2D eigenvalue weighted by Crippen LogP contribution is 2.25. The van der Waals surface area contributed by atoms with Crippen LogP contribution in [0.5, 0.6) is 0 Å². The highest BCUT2D eigenvalue weighted by molar-refractivity contribution is 5.19. The van der Waals surface area contributed by atoms with E-state index in [0.29, 0.717) is 6.61 Å². The molecule has 0 amide bonds. The van der Waals surface area contributed by atoms with Crippen LogP contribution in [0.3, 0.4) is 0 Å². The van der Waals surface area contributed by atoms with Gasteiger partial charge in [-0.1, -0.05) is 0 Å². The first-order valence-corrected chi connectivity index (χ1v) is 6.13. The molecule has 2 aromatic rings. The van der Waals surface area contributed by atoms with Crippen LogP contribution in [0.2, 0.25) is 0 Å². The van der Waals surface area contributed by atoms with E-state index in [9.17, 15) is 0 Å². The zero-order chi connectivity index (χ0) is 12.4. The zero-order valence-electron chi connectivity index (χ0n) is 10.4. The van der Waals surface area contributed by atoms with Gasteiger partial charge < -0.3 is 9.72 Å². The molecule has 1 fully saturated rings. The number of ether oxygens (including phenoxy) is 1. The second-order valence-electron chi connectivity index (χ2n) is 4.60. The molecule has 18 heavy (non-hydrogen) atoms. The monoisotopic (exact) mass is 247 g/mol. The normalized spacial score (nSPS) is 21.3. The molecule has 0 aromatic carbocycles. The third kappa shape index (κ3) is 2.16. The lowest BCUT2D eigenvalue weighted by Gasteiger charge is -2.34. The summed E-state index contributed by atoms with van der Waals surface area (Å²) in [7, 11) is 0.